The van der Waals surface area contributed by atoms with E-state index in [1.54, 1.807) is 6.07 Å². The van der Waals surface area contributed by atoms with E-state index < -0.39 is 5.82 Å². The predicted molar refractivity (Wildman–Crippen MR) is 190 cm³/mol. The monoisotopic (exact) mass is 712 g/mol. The van der Waals surface area contributed by atoms with Crippen LogP contribution in [0.5, 0.6) is 0 Å². The fourth-order valence-electron chi connectivity index (χ4n) is 5.98. The highest BCUT2D eigenvalue weighted by atomic mass is 35.5. The third kappa shape index (κ3) is 7.05. The standard InChI is InChI=1S/C34H33Cl4FN8/c1-34(2,3)46-12-10-23(11-13-46)47-18-28(44-45-47)32(19-4-6-21(35)7-5-19)42-22-14-24-31(20(16-40)17-41-33(24)25(36)15-22)43-27-9-8-26(39)29(37)30(27)38/h4-9,14-15,17-18,23,32,42,44-45H,10-13H2,1-3H3,(H,41,43)/t32-/m0/s1. The maximum absolute atomic E-state index is 14.0. The molecule has 3 heterocycles. The van der Waals surface area contributed by atoms with Crippen LogP contribution in [0.1, 0.15) is 50.8 Å². The molecule has 0 amide bonds. The molecule has 0 bridgehead atoms. The Morgan fingerprint density at radius 3 is 2.43 bits per heavy atom. The second-order valence-electron chi connectivity index (χ2n) is 12.6. The smallest absolute Gasteiger partial charge is 0.143 e. The Balaban J connectivity index is 1.35. The van der Waals surface area contributed by atoms with Crippen LogP contribution >= 0.6 is 46.4 Å². The first-order valence-electron chi connectivity index (χ1n) is 15.1. The van der Waals surface area contributed by atoms with E-state index >= 15 is 0 Å². The topological polar surface area (TPSA) is 91.3 Å². The van der Waals surface area contributed by atoms with E-state index in [-0.39, 0.29) is 27.2 Å². The van der Waals surface area contributed by atoms with Crippen molar-refractivity contribution in [3.05, 3.63) is 104 Å². The summed E-state index contributed by atoms with van der Waals surface area (Å²) in [6.45, 7) is 8.81. The van der Waals surface area contributed by atoms with E-state index in [4.69, 9.17) is 46.4 Å². The molecule has 0 aliphatic carbocycles. The number of anilines is 3. The third-order valence-electron chi connectivity index (χ3n) is 8.58. The maximum atomic E-state index is 14.0. The molecule has 6 rings (SSSR count). The molecule has 8 nitrogen and oxygen atoms in total. The number of piperidine rings is 1. The number of halogens is 5. The first-order valence-corrected chi connectivity index (χ1v) is 16.7. The average molecular weight is 715 g/mol. The lowest BCUT2D eigenvalue weighted by Crippen LogP contribution is -2.52. The highest BCUT2D eigenvalue weighted by Crippen LogP contribution is 2.40. The van der Waals surface area contributed by atoms with E-state index in [9.17, 15) is 9.65 Å². The Labute approximate surface area is 293 Å². The first-order chi connectivity index (χ1) is 22.4. The van der Waals surface area contributed by atoms with Gasteiger partial charge in [0.2, 0.25) is 0 Å². The number of aromatic nitrogens is 1. The number of nitriles is 1. The lowest BCUT2D eigenvalue weighted by Gasteiger charge is -2.42. The average Bonchev–Trinajstić information content (AvgIpc) is 3.54. The minimum absolute atomic E-state index is 0.0101. The van der Waals surface area contributed by atoms with E-state index in [0.29, 0.717) is 44.1 Å². The molecule has 1 aromatic heterocycles. The molecule has 4 N–H and O–H groups in total. The van der Waals surface area contributed by atoms with Crippen molar-refractivity contribution in [3.8, 4) is 6.07 Å². The van der Waals surface area contributed by atoms with Gasteiger partial charge in [-0.2, -0.15) is 5.26 Å². The molecule has 13 heteroatoms. The molecule has 0 spiro atoms. The number of hydrogen-bond donors (Lipinski definition) is 4. The van der Waals surface area contributed by atoms with Gasteiger partial charge in [-0.3, -0.25) is 14.9 Å². The van der Waals surface area contributed by atoms with Gasteiger partial charge in [0.15, 0.2) is 0 Å². The van der Waals surface area contributed by atoms with E-state index in [0.717, 1.165) is 37.2 Å². The van der Waals surface area contributed by atoms with Crippen molar-refractivity contribution >= 4 is 74.4 Å². The van der Waals surface area contributed by atoms with Crippen molar-refractivity contribution in [2.24, 2.45) is 0 Å². The second kappa shape index (κ2) is 13.6. The van der Waals surface area contributed by atoms with E-state index in [2.05, 4.69) is 69.5 Å². The van der Waals surface area contributed by atoms with Gasteiger partial charge in [0.25, 0.3) is 0 Å². The largest absolute Gasteiger partial charge is 0.373 e. The van der Waals surface area contributed by atoms with Gasteiger partial charge in [-0.25, -0.2) is 4.39 Å². The van der Waals surface area contributed by atoms with Crippen LogP contribution in [-0.4, -0.2) is 39.6 Å². The number of hydrogen-bond acceptors (Lipinski definition) is 8. The van der Waals surface area contributed by atoms with Gasteiger partial charge in [-0.15, -0.1) is 5.53 Å². The summed E-state index contributed by atoms with van der Waals surface area (Å²) in [5.74, 6) is -0.650. The fraction of sp³-hybridized carbons (Fsp3) is 0.294. The number of fused-ring (bicyclic) bond motifs is 1. The van der Waals surface area contributed by atoms with Gasteiger partial charge >= 0.3 is 0 Å². The summed E-state index contributed by atoms with van der Waals surface area (Å²) in [5.41, 5.74) is 10.9. The number of pyridine rings is 1. The van der Waals surface area contributed by atoms with Gasteiger partial charge in [0, 0.05) is 53.2 Å². The number of benzene rings is 3. The number of likely N-dealkylation sites (tertiary alicyclic amines) is 1. The Morgan fingerprint density at radius 2 is 1.74 bits per heavy atom. The Kier molecular flexibility index (Phi) is 9.64. The minimum Gasteiger partial charge on any atom is -0.373 e. The normalized spacial score (nSPS) is 16.5. The summed E-state index contributed by atoms with van der Waals surface area (Å²) in [4.78, 5) is 6.98. The molecule has 1 saturated heterocycles. The van der Waals surface area contributed by atoms with Crippen LogP contribution in [0.4, 0.5) is 21.5 Å². The zero-order valence-corrected chi connectivity index (χ0v) is 29.0. The third-order valence-corrected chi connectivity index (χ3v) is 9.98. The minimum atomic E-state index is -0.650. The Bertz CT molecular complexity index is 1880. The molecule has 1 atom stereocenters. The van der Waals surface area contributed by atoms with Crippen molar-refractivity contribution in [2.75, 3.05) is 23.7 Å². The van der Waals surface area contributed by atoms with Crippen molar-refractivity contribution in [2.45, 2.75) is 51.2 Å². The SMILES string of the molecule is CC(C)(C)N1CCC(N2C=C([C@@H](Nc3cc(Cl)c4ncc(C#N)c(Nc5ccc(F)c(Cl)c5Cl)c4c3)c3ccc(Cl)cc3)NN2)CC1. The predicted octanol–water partition coefficient (Wildman–Crippen LogP) is 9.19. The van der Waals surface area contributed by atoms with Crippen LogP contribution in [0, 0.1) is 17.1 Å². The van der Waals surface area contributed by atoms with Crippen molar-refractivity contribution in [3.63, 3.8) is 0 Å². The van der Waals surface area contributed by atoms with Gasteiger partial charge in [0.05, 0.1) is 49.3 Å². The van der Waals surface area contributed by atoms with Crippen LogP contribution in [0.15, 0.2) is 66.6 Å². The van der Waals surface area contributed by atoms with Crippen LogP contribution in [0.2, 0.25) is 20.1 Å². The quantitative estimate of drug-likeness (QED) is 0.141. The molecule has 2 aliphatic heterocycles. The number of nitrogens with one attached hydrogen (secondary N) is 4. The van der Waals surface area contributed by atoms with Crippen molar-refractivity contribution in [1.82, 2.24) is 25.9 Å². The molecule has 3 aromatic carbocycles. The fourth-order valence-corrected chi connectivity index (χ4v) is 6.74. The van der Waals surface area contributed by atoms with Crippen LogP contribution in [-0.2, 0) is 0 Å². The van der Waals surface area contributed by atoms with E-state index in [1.165, 1.54) is 18.3 Å². The van der Waals surface area contributed by atoms with Crippen LogP contribution < -0.4 is 21.6 Å². The number of hydrazine groups is 2. The van der Waals surface area contributed by atoms with Gasteiger partial charge in [-0.05, 0) is 75.6 Å². The van der Waals surface area contributed by atoms with E-state index in [1.807, 2.05) is 30.3 Å². The first kappa shape index (κ1) is 33.4. The molecule has 0 unspecified atom stereocenters. The molecule has 244 valence electrons. The zero-order chi connectivity index (χ0) is 33.5. The molecule has 0 radical (unpaired) electrons. The molecule has 4 aromatic rings. The molecular formula is C34H33Cl4FN8. The summed E-state index contributed by atoms with van der Waals surface area (Å²) in [6.07, 6.45) is 5.60. The molecule has 1 fully saturated rings. The summed E-state index contributed by atoms with van der Waals surface area (Å²) in [6, 6.07) is 16.1. The molecular weight excluding hydrogens is 681 g/mol. The number of nitrogens with zero attached hydrogens (tertiary/aromatic N) is 4. The van der Waals surface area contributed by atoms with Crippen LogP contribution in [0.25, 0.3) is 10.9 Å². The lowest BCUT2D eigenvalue weighted by molar-refractivity contribution is 0.0570. The summed E-state index contributed by atoms with van der Waals surface area (Å²) in [7, 11) is 0. The summed E-state index contributed by atoms with van der Waals surface area (Å²) < 4.78 is 14.0. The highest BCUT2D eigenvalue weighted by Gasteiger charge is 2.32. The Hall–Kier alpha value is -3.49. The van der Waals surface area contributed by atoms with Gasteiger partial charge in [0.1, 0.15) is 11.9 Å². The summed E-state index contributed by atoms with van der Waals surface area (Å²) >= 11 is 25.5. The van der Waals surface area contributed by atoms with Gasteiger partial charge in [-0.1, -0.05) is 58.5 Å². The molecule has 47 heavy (non-hydrogen) atoms. The lowest BCUT2D eigenvalue weighted by atomic mass is 9.98. The summed E-state index contributed by atoms with van der Waals surface area (Å²) in [5, 5.41) is 20.2. The zero-order valence-electron chi connectivity index (χ0n) is 25.9. The molecule has 2 aliphatic rings. The molecule has 0 saturated carbocycles. The highest BCUT2D eigenvalue weighted by molar-refractivity contribution is 6.44. The second-order valence-corrected chi connectivity index (χ2v) is 14.2. The van der Waals surface area contributed by atoms with Crippen LogP contribution in [0.3, 0.4) is 0 Å². The van der Waals surface area contributed by atoms with Gasteiger partial charge < -0.3 is 16.1 Å². The number of rotatable bonds is 7. The maximum Gasteiger partial charge on any atom is 0.143 e. The Morgan fingerprint density at radius 1 is 1.02 bits per heavy atom. The van der Waals surface area contributed by atoms with Crippen molar-refractivity contribution in [1.29, 1.82) is 5.26 Å². The van der Waals surface area contributed by atoms with Crippen molar-refractivity contribution < 1.29 is 4.39 Å².